The van der Waals surface area contributed by atoms with Crippen LogP contribution in [0.2, 0.25) is 0 Å². The van der Waals surface area contributed by atoms with Crippen molar-refractivity contribution in [2.75, 3.05) is 19.5 Å². The number of carbonyl (C=O) groups excluding carboxylic acids is 1. The van der Waals surface area contributed by atoms with Crippen molar-refractivity contribution in [3.05, 3.63) is 56.1 Å². The quantitative estimate of drug-likeness (QED) is 0.490. The molecule has 4 nitrogen and oxygen atoms in total. The zero-order valence-electron chi connectivity index (χ0n) is 12.6. The van der Waals surface area contributed by atoms with Crippen LogP contribution in [0.15, 0.2) is 46.9 Å². The topological polar surface area (TPSA) is 47.6 Å². The Labute approximate surface area is 157 Å². The van der Waals surface area contributed by atoms with Crippen molar-refractivity contribution in [3.8, 4) is 11.5 Å². The molecule has 2 rings (SSSR count). The van der Waals surface area contributed by atoms with Gasteiger partial charge in [0.15, 0.2) is 11.5 Å². The number of benzene rings is 2. The molecule has 0 heterocycles. The van der Waals surface area contributed by atoms with Crippen LogP contribution in [0.5, 0.6) is 11.5 Å². The number of anilines is 1. The predicted octanol–water partition coefficient (Wildman–Crippen LogP) is 4.72. The van der Waals surface area contributed by atoms with Crippen molar-refractivity contribution < 1.29 is 14.3 Å². The Morgan fingerprint density at radius 1 is 1.17 bits per heavy atom. The van der Waals surface area contributed by atoms with Gasteiger partial charge in [-0.25, -0.2) is 0 Å². The first kappa shape index (κ1) is 17.8. The van der Waals surface area contributed by atoms with Crippen LogP contribution < -0.4 is 14.8 Å². The molecule has 120 valence electrons. The molecule has 0 atom stereocenters. The number of hydrogen-bond donors (Lipinski definition) is 1. The zero-order chi connectivity index (χ0) is 16.8. The number of nitrogens with one attached hydrogen (secondary N) is 1. The number of rotatable bonds is 5. The highest BCUT2D eigenvalue weighted by atomic mass is 127. The van der Waals surface area contributed by atoms with Gasteiger partial charge in [-0.15, -0.1) is 0 Å². The van der Waals surface area contributed by atoms with E-state index < -0.39 is 0 Å². The molecule has 0 unspecified atom stereocenters. The number of hydrogen-bond acceptors (Lipinski definition) is 3. The van der Waals surface area contributed by atoms with Crippen molar-refractivity contribution in [1.82, 2.24) is 0 Å². The molecular formula is C17H15BrINO3. The Balaban J connectivity index is 2.11. The Morgan fingerprint density at radius 3 is 2.48 bits per heavy atom. The molecule has 0 saturated heterocycles. The average molecular weight is 488 g/mol. The van der Waals surface area contributed by atoms with Gasteiger partial charge >= 0.3 is 0 Å². The van der Waals surface area contributed by atoms with Gasteiger partial charge in [0.1, 0.15) is 0 Å². The molecule has 0 aliphatic rings. The summed E-state index contributed by atoms with van der Waals surface area (Å²) in [5.41, 5.74) is 1.58. The van der Waals surface area contributed by atoms with E-state index in [9.17, 15) is 4.79 Å². The SMILES string of the molecule is COc1cc(/C=C/C(=O)Nc2ccc(I)cc2)cc(Br)c1OC. The number of halogens is 2. The van der Waals surface area contributed by atoms with Gasteiger partial charge in [0.2, 0.25) is 5.91 Å². The zero-order valence-corrected chi connectivity index (χ0v) is 16.3. The standard InChI is InChI=1S/C17H15BrINO3/c1-22-15-10-11(9-14(18)17(15)23-2)3-8-16(21)20-13-6-4-12(19)5-7-13/h3-10H,1-2H3,(H,20,21)/b8-3+. The summed E-state index contributed by atoms with van der Waals surface area (Å²) in [6, 6.07) is 11.3. The molecule has 0 bridgehead atoms. The van der Waals surface area contributed by atoms with E-state index in [0.717, 1.165) is 19.3 Å². The maximum Gasteiger partial charge on any atom is 0.248 e. The largest absolute Gasteiger partial charge is 0.493 e. The molecule has 1 N–H and O–H groups in total. The van der Waals surface area contributed by atoms with Crippen LogP contribution >= 0.6 is 38.5 Å². The lowest BCUT2D eigenvalue weighted by Crippen LogP contribution is -2.07. The van der Waals surface area contributed by atoms with Gasteiger partial charge in [0.25, 0.3) is 0 Å². The molecular weight excluding hydrogens is 473 g/mol. The molecule has 23 heavy (non-hydrogen) atoms. The van der Waals surface area contributed by atoms with Crippen LogP contribution in [-0.4, -0.2) is 20.1 Å². The number of carbonyl (C=O) groups is 1. The van der Waals surface area contributed by atoms with Crippen molar-refractivity contribution in [3.63, 3.8) is 0 Å². The molecule has 0 spiro atoms. The number of ether oxygens (including phenoxy) is 2. The highest BCUT2D eigenvalue weighted by molar-refractivity contribution is 14.1. The lowest BCUT2D eigenvalue weighted by Gasteiger charge is -2.10. The van der Waals surface area contributed by atoms with Crippen LogP contribution in [-0.2, 0) is 4.79 Å². The minimum Gasteiger partial charge on any atom is -0.493 e. The summed E-state index contributed by atoms with van der Waals surface area (Å²) in [4.78, 5) is 12.0. The van der Waals surface area contributed by atoms with Gasteiger partial charge in [0, 0.05) is 15.3 Å². The summed E-state index contributed by atoms with van der Waals surface area (Å²) >= 11 is 5.64. The first-order valence-electron chi connectivity index (χ1n) is 6.69. The fourth-order valence-electron chi connectivity index (χ4n) is 1.92. The molecule has 2 aromatic carbocycles. The van der Waals surface area contributed by atoms with E-state index in [-0.39, 0.29) is 5.91 Å². The first-order valence-corrected chi connectivity index (χ1v) is 8.57. The Kier molecular flexibility index (Phi) is 6.47. The minimum absolute atomic E-state index is 0.197. The van der Waals surface area contributed by atoms with Gasteiger partial charge in [-0.1, -0.05) is 0 Å². The fourth-order valence-corrected chi connectivity index (χ4v) is 2.90. The Morgan fingerprint density at radius 2 is 1.87 bits per heavy atom. The maximum absolute atomic E-state index is 12.0. The summed E-state index contributed by atoms with van der Waals surface area (Å²) in [6.07, 6.45) is 3.19. The Bertz CT molecular complexity index is 729. The smallest absolute Gasteiger partial charge is 0.248 e. The highest BCUT2D eigenvalue weighted by Crippen LogP contribution is 2.36. The summed E-state index contributed by atoms with van der Waals surface area (Å²) in [5, 5.41) is 2.81. The lowest BCUT2D eigenvalue weighted by atomic mass is 10.2. The second-order valence-electron chi connectivity index (χ2n) is 4.57. The van der Waals surface area contributed by atoms with E-state index in [1.165, 1.54) is 6.08 Å². The summed E-state index contributed by atoms with van der Waals surface area (Å²) in [6.45, 7) is 0. The molecule has 0 fully saturated rings. The average Bonchev–Trinajstić information content (AvgIpc) is 2.54. The molecule has 2 aromatic rings. The van der Waals surface area contributed by atoms with E-state index in [1.807, 2.05) is 30.3 Å². The van der Waals surface area contributed by atoms with E-state index in [2.05, 4.69) is 43.8 Å². The van der Waals surface area contributed by atoms with Crippen molar-refractivity contribution in [2.24, 2.45) is 0 Å². The van der Waals surface area contributed by atoms with Gasteiger partial charge < -0.3 is 14.8 Å². The second-order valence-corrected chi connectivity index (χ2v) is 6.67. The Hall–Kier alpha value is -1.54. The third kappa shape index (κ3) is 4.97. The van der Waals surface area contributed by atoms with Crippen LogP contribution in [0.3, 0.4) is 0 Å². The molecule has 0 aromatic heterocycles. The van der Waals surface area contributed by atoms with Crippen LogP contribution in [0.25, 0.3) is 6.08 Å². The van der Waals surface area contributed by atoms with E-state index in [4.69, 9.17) is 9.47 Å². The summed E-state index contributed by atoms with van der Waals surface area (Å²) in [7, 11) is 3.15. The van der Waals surface area contributed by atoms with Crippen molar-refractivity contribution in [2.45, 2.75) is 0 Å². The van der Waals surface area contributed by atoms with Crippen molar-refractivity contribution in [1.29, 1.82) is 0 Å². The van der Waals surface area contributed by atoms with Gasteiger partial charge in [0.05, 0.1) is 18.7 Å². The van der Waals surface area contributed by atoms with Gasteiger partial charge in [-0.2, -0.15) is 0 Å². The van der Waals surface area contributed by atoms with E-state index in [0.29, 0.717) is 11.5 Å². The lowest BCUT2D eigenvalue weighted by molar-refractivity contribution is -0.111. The van der Waals surface area contributed by atoms with Crippen LogP contribution in [0.4, 0.5) is 5.69 Å². The molecule has 0 aliphatic carbocycles. The molecule has 0 radical (unpaired) electrons. The van der Waals surface area contributed by atoms with Gasteiger partial charge in [-0.3, -0.25) is 4.79 Å². The van der Waals surface area contributed by atoms with Gasteiger partial charge in [-0.05, 0) is 86.6 Å². The van der Waals surface area contributed by atoms with Crippen molar-refractivity contribution >= 4 is 56.2 Å². The summed E-state index contributed by atoms with van der Waals surface area (Å²) in [5.74, 6) is 1.02. The fraction of sp³-hybridized carbons (Fsp3) is 0.118. The van der Waals surface area contributed by atoms with E-state index in [1.54, 1.807) is 26.4 Å². The first-order chi connectivity index (χ1) is 11.0. The minimum atomic E-state index is -0.197. The highest BCUT2D eigenvalue weighted by Gasteiger charge is 2.09. The second kappa shape index (κ2) is 8.35. The normalized spacial score (nSPS) is 10.6. The molecule has 0 aliphatic heterocycles. The number of methoxy groups -OCH3 is 2. The van der Waals surface area contributed by atoms with Crippen LogP contribution in [0, 0.1) is 3.57 Å². The molecule has 1 amide bonds. The third-order valence-corrected chi connectivity index (χ3v) is 4.30. The number of amides is 1. The molecule has 6 heteroatoms. The monoisotopic (exact) mass is 487 g/mol. The van der Waals surface area contributed by atoms with Crippen LogP contribution in [0.1, 0.15) is 5.56 Å². The third-order valence-electron chi connectivity index (χ3n) is 2.99. The van der Waals surface area contributed by atoms with E-state index >= 15 is 0 Å². The molecule has 0 saturated carbocycles. The maximum atomic E-state index is 12.0. The summed E-state index contributed by atoms with van der Waals surface area (Å²) < 4.78 is 12.4. The predicted molar refractivity (Wildman–Crippen MR) is 104 cm³/mol.